The number of rotatable bonds is 7. The fourth-order valence-corrected chi connectivity index (χ4v) is 4.24. The van der Waals surface area contributed by atoms with Crippen LogP contribution in [0.1, 0.15) is 21.5 Å². The molecule has 3 aromatic rings. The molecule has 0 atom stereocenters. The van der Waals surface area contributed by atoms with Crippen LogP contribution in [0.25, 0.3) is 6.08 Å². The van der Waals surface area contributed by atoms with Crippen molar-refractivity contribution >= 4 is 46.4 Å². The van der Waals surface area contributed by atoms with Gasteiger partial charge in [0.15, 0.2) is 5.78 Å². The zero-order valence-electron chi connectivity index (χ0n) is 17.2. The summed E-state index contributed by atoms with van der Waals surface area (Å²) in [6.45, 7) is -0.176. The lowest BCUT2D eigenvalue weighted by atomic mass is 10.1. The first-order chi connectivity index (χ1) is 15.9. The van der Waals surface area contributed by atoms with Crippen molar-refractivity contribution in [3.63, 3.8) is 0 Å². The maximum Gasteiger partial charge on any atom is 0.293 e. The number of imide groups is 1. The van der Waals surface area contributed by atoms with E-state index in [-0.39, 0.29) is 29.7 Å². The average molecular weight is 482 g/mol. The van der Waals surface area contributed by atoms with Crippen molar-refractivity contribution in [2.24, 2.45) is 0 Å². The molecule has 166 valence electrons. The normalized spacial score (nSPS) is 14.7. The molecule has 1 heterocycles. The maximum atomic E-state index is 13.3. The molecule has 1 aliphatic rings. The van der Waals surface area contributed by atoms with E-state index in [1.165, 1.54) is 12.1 Å². The summed E-state index contributed by atoms with van der Waals surface area (Å²) in [7, 11) is 0. The molecular formula is C25H17ClFNO4S. The molecule has 0 saturated carbocycles. The summed E-state index contributed by atoms with van der Waals surface area (Å²) in [6, 6.07) is 19.5. The second-order valence-electron chi connectivity index (χ2n) is 7.17. The predicted octanol–water partition coefficient (Wildman–Crippen LogP) is 5.98. The van der Waals surface area contributed by atoms with Gasteiger partial charge in [0.05, 0.1) is 16.5 Å². The van der Waals surface area contributed by atoms with E-state index in [4.69, 9.17) is 16.3 Å². The third-order valence-electron chi connectivity index (χ3n) is 4.81. The molecule has 1 saturated heterocycles. The Kier molecular flexibility index (Phi) is 6.91. The maximum absolute atomic E-state index is 13.3. The van der Waals surface area contributed by atoms with Crippen LogP contribution in [-0.4, -0.2) is 28.4 Å². The van der Waals surface area contributed by atoms with Gasteiger partial charge in [0.25, 0.3) is 11.1 Å². The molecule has 0 unspecified atom stereocenters. The number of benzene rings is 3. The molecule has 4 rings (SSSR count). The molecule has 0 spiro atoms. The molecular weight excluding hydrogens is 465 g/mol. The van der Waals surface area contributed by atoms with E-state index >= 15 is 0 Å². The van der Waals surface area contributed by atoms with Crippen molar-refractivity contribution in [1.29, 1.82) is 0 Å². The Labute approximate surface area is 198 Å². The standard InChI is InChI=1S/C25H17ClFNO4S/c26-20-12-16(9-10-22(20)32-15-17-5-4-8-19(27)11-17)13-23-24(30)28(25(31)33-23)14-21(29)18-6-2-1-3-7-18/h1-13H,14-15H2/b23-13-. The number of carbonyl (C=O) groups excluding carboxylic acids is 3. The smallest absolute Gasteiger partial charge is 0.293 e. The van der Waals surface area contributed by atoms with Gasteiger partial charge in [-0.25, -0.2) is 4.39 Å². The Bertz CT molecular complexity index is 1260. The Balaban J connectivity index is 1.44. The summed E-state index contributed by atoms with van der Waals surface area (Å²) in [6.07, 6.45) is 1.54. The molecule has 1 fully saturated rings. The van der Waals surface area contributed by atoms with Crippen molar-refractivity contribution in [2.75, 3.05) is 6.54 Å². The summed E-state index contributed by atoms with van der Waals surface area (Å²) < 4.78 is 19.0. The van der Waals surface area contributed by atoms with Gasteiger partial charge in [0.1, 0.15) is 18.2 Å². The molecule has 33 heavy (non-hydrogen) atoms. The van der Waals surface area contributed by atoms with E-state index in [2.05, 4.69) is 0 Å². The van der Waals surface area contributed by atoms with Gasteiger partial charge in [-0.1, -0.05) is 60.1 Å². The molecule has 0 bridgehead atoms. The Morgan fingerprint density at radius 1 is 1.03 bits per heavy atom. The lowest BCUT2D eigenvalue weighted by Crippen LogP contribution is -2.33. The summed E-state index contributed by atoms with van der Waals surface area (Å²) in [5, 5.41) is -0.199. The zero-order chi connectivity index (χ0) is 23.4. The van der Waals surface area contributed by atoms with Crippen molar-refractivity contribution in [3.8, 4) is 5.75 Å². The number of hydrogen-bond donors (Lipinski definition) is 0. The monoisotopic (exact) mass is 481 g/mol. The van der Waals surface area contributed by atoms with Gasteiger partial charge in [-0.2, -0.15) is 0 Å². The van der Waals surface area contributed by atoms with Crippen molar-refractivity contribution in [2.45, 2.75) is 6.61 Å². The van der Waals surface area contributed by atoms with Crippen LogP contribution in [0.4, 0.5) is 9.18 Å². The highest BCUT2D eigenvalue weighted by molar-refractivity contribution is 8.18. The molecule has 2 amide bonds. The molecule has 8 heteroatoms. The highest BCUT2D eigenvalue weighted by Crippen LogP contribution is 2.34. The van der Waals surface area contributed by atoms with Crippen LogP contribution in [-0.2, 0) is 11.4 Å². The third-order valence-corrected chi connectivity index (χ3v) is 6.01. The number of amides is 2. The van der Waals surface area contributed by atoms with Crippen LogP contribution < -0.4 is 4.74 Å². The zero-order valence-corrected chi connectivity index (χ0v) is 18.7. The lowest BCUT2D eigenvalue weighted by Gasteiger charge is -2.11. The summed E-state index contributed by atoms with van der Waals surface area (Å²) in [4.78, 5) is 38.5. The van der Waals surface area contributed by atoms with E-state index in [1.54, 1.807) is 66.7 Å². The number of Topliss-reactive ketones (excluding diaryl/α,β-unsaturated/α-hetero) is 1. The van der Waals surface area contributed by atoms with E-state index in [0.29, 0.717) is 27.5 Å². The Morgan fingerprint density at radius 3 is 2.55 bits per heavy atom. The van der Waals surface area contributed by atoms with Gasteiger partial charge in [0.2, 0.25) is 0 Å². The van der Waals surface area contributed by atoms with Gasteiger partial charge in [-0.3, -0.25) is 19.3 Å². The van der Waals surface area contributed by atoms with E-state index in [9.17, 15) is 18.8 Å². The number of thioether (sulfide) groups is 1. The number of hydrogen-bond acceptors (Lipinski definition) is 5. The summed E-state index contributed by atoms with van der Waals surface area (Å²) in [5.41, 5.74) is 1.69. The average Bonchev–Trinajstić information content (AvgIpc) is 3.06. The van der Waals surface area contributed by atoms with E-state index < -0.39 is 11.1 Å². The number of ether oxygens (including phenoxy) is 1. The highest BCUT2D eigenvalue weighted by Gasteiger charge is 2.36. The molecule has 0 N–H and O–H groups in total. The van der Waals surface area contributed by atoms with Crippen LogP contribution in [0.5, 0.6) is 5.75 Å². The van der Waals surface area contributed by atoms with Gasteiger partial charge in [-0.05, 0) is 53.2 Å². The quantitative estimate of drug-likeness (QED) is 0.307. The fourth-order valence-electron chi connectivity index (χ4n) is 3.16. The second-order valence-corrected chi connectivity index (χ2v) is 8.57. The molecule has 0 aliphatic carbocycles. The van der Waals surface area contributed by atoms with Crippen LogP contribution in [0, 0.1) is 5.82 Å². The molecule has 1 aliphatic heterocycles. The van der Waals surface area contributed by atoms with Gasteiger partial charge in [0, 0.05) is 5.56 Å². The molecule has 5 nitrogen and oxygen atoms in total. The lowest BCUT2D eigenvalue weighted by molar-refractivity contribution is -0.122. The van der Waals surface area contributed by atoms with Gasteiger partial charge in [-0.15, -0.1) is 0 Å². The van der Waals surface area contributed by atoms with Crippen LogP contribution in [0.3, 0.4) is 0 Å². The third kappa shape index (κ3) is 5.50. The summed E-state index contributed by atoms with van der Waals surface area (Å²) >= 11 is 7.07. The SMILES string of the molecule is O=C(CN1C(=O)S/C(=C\c2ccc(OCc3cccc(F)c3)c(Cl)c2)C1=O)c1ccccc1. The second kappa shape index (κ2) is 10.0. The van der Waals surface area contributed by atoms with E-state index in [1.807, 2.05) is 0 Å². The van der Waals surface area contributed by atoms with Gasteiger partial charge >= 0.3 is 0 Å². The first-order valence-electron chi connectivity index (χ1n) is 9.91. The first kappa shape index (κ1) is 22.8. The van der Waals surface area contributed by atoms with Gasteiger partial charge < -0.3 is 4.74 Å². The topological polar surface area (TPSA) is 63.7 Å². The van der Waals surface area contributed by atoms with Crippen LogP contribution >= 0.6 is 23.4 Å². The van der Waals surface area contributed by atoms with Crippen molar-refractivity contribution < 1.29 is 23.5 Å². The Morgan fingerprint density at radius 2 is 1.82 bits per heavy atom. The largest absolute Gasteiger partial charge is 0.487 e. The number of carbonyl (C=O) groups is 3. The molecule has 3 aromatic carbocycles. The van der Waals surface area contributed by atoms with Crippen molar-refractivity contribution in [1.82, 2.24) is 4.90 Å². The Hall–Kier alpha value is -3.42. The minimum absolute atomic E-state index is 0.144. The number of halogens is 2. The summed E-state index contributed by atoms with van der Waals surface area (Å²) in [5.74, 6) is -0.796. The predicted molar refractivity (Wildman–Crippen MR) is 126 cm³/mol. The van der Waals surface area contributed by atoms with Crippen molar-refractivity contribution in [3.05, 3.63) is 105 Å². The highest BCUT2D eigenvalue weighted by atomic mass is 35.5. The van der Waals surface area contributed by atoms with Crippen LogP contribution in [0.15, 0.2) is 77.7 Å². The minimum Gasteiger partial charge on any atom is -0.487 e. The number of nitrogens with zero attached hydrogens (tertiary/aromatic N) is 1. The minimum atomic E-state index is -0.531. The molecule has 0 radical (unpaired) electrons. The fraction of sp³-hybridized carbons (Fsp3) is 0.0800. The first-order valence-corrected chi connectivity index (χ1v) is 11.1. The number of ketones is 1. The molecule has 0 aromatic heterocycles. The van der Waals surface area contributed by atoms with Crippen LogP contribution in [0.2, 0.25) is 5.02 Å². The van der Waals surface area contributed by atoms with E-state index in [0.717, 1.165) is 16.7 Å².